The molecule has 1 N–H and O–H groups in total. The summed E-state index contributed by atoms with van der Waals surface area (Å²) in [5.41, 5.74) is 0.266. The summed E-state index contributed by atoms with van der Waals surface area (Å²) in [7, 11) is 0. The van der Waals surface area contributed by atoms with Crippen molar-refractivity contribution in [2.75, 3.05) is 0 Å². The molecular weight excluding hydrogens is 312 g/mol. The second kappa shape index (κ2) is 6.01. The second-order valence-electron chi connectivity index (χ2n) is 2.06. The quantitative estimate of drug-likeness (QED) is 0.605. The molecule has 0 spiro atoms. The van der Waals surface area contributed by atoms with Crippen LogP contribution in [0.3, 0.4) is 0 Å². The first-order valence-electron chi connectivity index (χ1n) is 3.86. The molecule has 0 aliphatic heterocycles. The fourth-order valence-corrected chi connectivity index (χ4v) is 1.30. The molecule has 1 heterocycles. The predicted octanol–water partition coefficient (Wildman–Crippen LogP) is 4.36. The highest BCUT2D eigenvalue weighted by molar-refractivity contribution is 9.10. The van der Waals surface area contributed by atoms with Crippen LogP contribution in [0.4, 0.5) is 0 Å². The molecule has 2 nitrogen and oxygen atoms in total. The highest BCUT2D eigenvalue weighted by atomic mass is 79.9. The molecule has 1 rings (SSSR count). The van der Waals surface area contributed by atoms with Crippen molar-refractivity contribution in [3.8, 4) is 0 Å². The number of ketones is 1. The molecule has 0 unspecified atom stereocenters. The number of hydrogen-bond donors (Lipinski definition) is 1. The molecule has 0 saturated carbocycles. The minimum absolute atomic E-state index is 0.266. The van der Waals surface area contributed by atoms with Crippen molar-refractivity contribution in [3.63, 3.8) is 0 Å². The van der Waals surface area contributed by atoms with Crippen LogP contribution in [0, 0.1) is 0 Å². The zero-order chi connectivity index (χ0) is 11.4. The number of alkyl halides is 3. The lowest BCUT2D eigenvalue weighted by atomic mass is 10.3. The topological polar surface area (TPSA) is 32.9 Å². The molecule has 0 amide bonds. The van der Waals surface area contributed by atoms with Crippen LogP contribution in [0.2, 0.25) is 0 Å². The van der Waals surface area contributed by atoms with Crippen molar-refractivity contribution in [2.45, 2.75) is 17.6 Å². The van der Waals surface area contributed by atoms with E-state index < -0.39 is 9.58 Å². The lowest BCUT2D eigenvalue weighted by Gasteiger charge is -2.06. The fraction of sp³-hybridized carbons (Fsp3) is 0.375. The molecule has 0 bridgehead atoms. The summed E-state index contributed by atoms with van der Waals surface area (Å²) in [5.74, 6) is -0.571. The number of aromatic nitrogens is 1. The Balaban J connectivity index is 0.000000791. The largest absolute Gasteiger partial charge is 0.358 e. The summed E-state index contributed by atoms with van der Waals surface area (Å²) in [5, 5.41) is 0. The maximum atomic E-state index is 11.2. The number of rotatable bonds is 1. The van der Waals surface area contributed by atoms with Crippen LogP contribution in [-0.2, 0) is 0 Å². The Morgan fingerprint density at radius 2 is 1.93 bits per heavy atom. The van der Waals surface area contributed by atoms with E-state index in [0.717, 1.165) is 4.47 Å². The van der Waals surface area contributed by atoms with Gasteiger partial charge in [-0.2, -0.15) is 0 Å². The maximum Gasteiger partial charge on any atom is 0.254 e. The van der Waals surface area contributed by atoms with Crippen LogP contribution in [0.15, 0.2) is 16.7 Å². The Labute approximate surface area is 106 Å². The second-order valence-corrected chi connectivity index (χ2v) is 5.26. The van der Waals surface area contributed by atoms with Gasteiger partial charge in [0.05, 0.1) is 5.69 Å². The number of aromatic amines is 1. The first-order chi connectivity index (χ1) is 6.41. The van der Waals surface area contributed by atoms with Gasteiger partial charge in [0.1, 0.15) is 0 Å². The first kappa shape index (κ1) is 14.3. The van der Waals surface area contributed by atoms with Gasteiger partial charge >= 0.3 is 0 Å². The third kappa shape index (κ3) is 4.22. The normalized spacial score (nSPS) is 10.4. The van der Waals surface area contributed by atoms with Crippen molar-refractivity contribution in [3.05, 3.63) is 22.4 Å². The van der Waals surface area contributed by atoms with E-state index in [-0.39, 0.29) is 5.69 Å². The fourth-order valence-electron chi connectivity index (χ4n) is 0.652. The predicted molar refractivity (Wildman–Crippen MR) is 64.5 cm³/mol. The van der Waals surface area contributed by atoms with Gasteiger partial charge in [0.15, 0.2) is 0 Å². The van der Waals surface area contributed by atoms with Crippen LogP contribution in [0.5, 0.6) is 0 Å². The Morgan fingerprint density at radius 1 is 1.43 bits per heavy atom. The lowest BCUT2D eigenvalue weighted by molar-refractivity contribution is 0.0992. The van der Waals surface area contributed by atoms with Gasteiger partial charge in [0, 0.05) is 10.7 Å². The third-order valence-corrected chi connectivity index (χ3v) is 2.12. The van der Waals surface area contributed by atoms with Crippen molar-refractivity contribution in [1.82, 2.24) is 4.98 Å². The van der Waals surface area contributed by atoms with Crippen molar-refractivity contribution in [1.29, 1.82) is 0 Å². The first-order valence-corrected chi connectivity index (χ1v) is 5.79. The van der Waals surface area contributed by atoms with Gasteiger partial charge in [-0.15, -0.1) is 0 Å². The number of carbonyl (C=O) groups is 1. The van der Waals surface area contributed by atoms with E-state index in [9.17, 15) is 4.79 Å². The molecule has 1 aromatic rings. The minimum Gasteiger partial charge on any atom is -0.358 e. The molecular formula is C8H9BrCl3NO. The van der Waals surface area contributed by atoms with Crippen LogP contribution in [0.25, 0.3) is 0 Å². The van der Waals surface area contributed by atoms with Crippen LogP contribution < -0.4 is 0 Å². The van der Waals surface area contributed by atoms with E-state index in [1.54, 1.807) is 12.3 Å². The maximum absolute atomic E-state index is 11.2. The third-order valence-electron chi connectivity index (χ3n) is 1.15. The summed E-state index contributed by atoms with van der Waals surface area (Å²) in [4.78, 5) is 13.9. The standard InChI is InChI=1S/C6H3BrCl3NO.C2H6/c7-3-1-4(11-2-3)5(12)6(8,9)10;1-2/h1-2,11H;1-2H3. The van der Waals surface area contributed by atoms with E-state index >= 15 is 0 Å². The molecule has 0 saturated heterocycles. The molecule has 0 radical (unpaired) electrons. The Kier molecular flexibility index (Phi) is 6.14. The number of H-pyrrole nitrogens is 1. The summed E-state index contributed by atoms with van der Waals surface area (Å²) in [6.07, 6.45) is 1.59. The van der Waals surface area contributed by atoms with Gasteiger partial charge in [-0.25, -0.2) is 0 Å². The number of nitrogens with one attached hydrogen (secondary N) is 1. The van der Waals surface area contributed by atoms with E-state index in [2.05, 4.69) is 20.9 Å². The van der Waals surface area contributed by atoms with Gasteiger partial charge < -0.3 is 4.98 Å². The summed E-state index contributed by atoms with van der Waals surface area (Å²) >= 11 is 19.3. The molecule has 14 heavy (non-hydrogen) atoms. The van der Waals surface area contributed by atoms with Crippen LogP contribution in [-0.4, -0.2) is 14.6 Å². The number of halogens is 4. The van der Waals surface area contributed by atoms with Gasteiger partial charge in [-0.05, 0) is 22.0 Å². The van der Waals surface area contributed by atoms with E-state index in [0.29, 0.717) is 0 Å². The molecule has 6 heteroatoms. The van der Waals surface area contributed by atoms with Gasteiger partial charge in [0.25, 0.3) is 3.79 Å². The Hall–Kier alpha value is 0.300. The smallest absolute Gasteiger partial charge is 0.254 e. The average molecular weight is 321 g/mol. The number of carbonyl (C=O) groups excluding carboxylic acids is 1. The van der Waals surface area contributed by atoms with Crippen molar-refractivity contribution < 1.29 is 4.79 Å². The summed E-state index contributed by atoms with van der Waals surface area (Å²) in [6.45, 7) is 4.00. The van der Waals surface area contributed by atoms with Gasteiger partial charge in [0.2, 0.25) is 5.78 Å². The van der Waals surface area contributed by atoms with Crippen LogP contribution >= 0.6 is 50.7 Å². The minimum atomic E-state index is -1.90. The number of hydrogen-bond acceptors (Lipinski definition) is 1. The molecule has 0 atom stereocenters. The van der Waals surface area contributed by atoms with E-state index in [1.165, 1.54) is 0 Å². The van der Waals surface area contributed by atoms with E-state index in [4.69, 9.17) is 34.8 Å². The lowest BCUT2D eigenvalue weighted by Crippen LogP contribution is -2.18. The SMILES string of the molecule is CC.O=C(c1cc(Br)c[nH]1)C(Cl)(Cl)Cl. The van der Waals surface area contributed by atoms with Crippen LogP contribution in [0.1, 0.15) is 24.3 Å². The highest BCUT2D eigenvalue weighted by Gasteiger charge is 2.32. The van der Waals surface area contributed by atoms with Gasteiger partial charge in [-0.1, -0.05) is 48.7 Å². The Morgan fingerprint density at radius 3 is 2.21 bits per heavy atom. The zero-order valence-electron chi connectivity index (χ0n) is 7.57. The summed E-state index contributed by atoms with van der Waals surface area (Å²) in [6, 6.07) is 1.55. The molecule has 0 aliphatic rings. The van der Waals surface area contributed by atoms with Crippen molar-refractivity contribution in [2.24, 2.45) is 0 Å². The molecule has 0 aliphatic carbocycles. The molecule has 1 aromatic heterocycles. The monoisotopic (exact) mass is 319 g/mol. The van der Waals surface area contributed by atoms with E-state index in [1.807, 2.05) is 13.8 Å². The number of Topliss-reactive ketones (excluding diaryl/α,β-unsaturated/α-hetero) is 1. The summed E-state index contributed by atoms with van der Waals surface area (Å²) < 4.78 is -1.16. The average Bonchev–Trinajstić information content (AvgIpc) is 2.52. The van der Waals surface area contributed by atoms with Gasteiger partial charge in [-0.3, -0.25) is 4.79 Å². The zero-order valence-corrected chi connectivity index (χ0v) is 11.4. The molecule has 0 fully saturated rings. The highest BCUT2D eigenvalue weighted by Crippen LogP contribution is 2.30. The molecule has 0 aromatic carbocycles. The van der Waals surface area contributed by atoms with Crippen molar-refractivity contribution >= 4 is 56.5 Å². The Bertz CT molecular complexity index is 306. The molecule has 80 valence electrons.